The molecule has 0 atom stereocenters. The highest BCUT2D eigenvalue weighted by Gasteiger charge is 2.04. The van der Waals surface area contributed by atoms with Gasteiger partial charge in [-0.3, -0.25) is 4.79 Å². The van der Waals surface area contributed by atoms with Crippen LogP contribution in [0.15, 0.2) is 78.9 Å². The number of nitrogens with one attached hydrogen (secondary N) is 1. The predicted molar refractivity (Wildman–Crippen MR) is 97.2 cm³/mol. The molecule has 0 fully saturated rings. The average molecular weight is 328 g/mol. The van der Waals surface area contributed by atoms with Crippen molar-refractivity contribution in [3.8, 4) is 22.9 Å². The third-order valence-corrected chi connectivity index (χ3v) is 3.63. The summed E-state index contributed by atoms with van der Waals surface area (Å²) in [4.78, 5) is 11.9. The summed E-state index contributed by atoms with van der Waals surface area (Å²) in [7, 11) is 0. The Balaban J connectivity index is 1.54. The Morgan fingerprint density at radius 3 is 2.16 bits per heavy atom. The van der Waals surface area contributed by atoms with Gasteiger partial charge in [0.15, 0.2) is 6.61 Å². The molecule has 0 radical (unpaired) electrons. The van der Waals surface area contributed by atoms with E-state index in [0.717, 1.165) is 11.1 Å². The topological polar surface area (TPSA) is 62.1 Å². The van der Waals surface area contributed by atoms with Gasteiger partial charge in [0, 0.05) is 5.69 Å². The predicted octanol–water partition coefficient (Wildman–Crippen LogP) is 4.24. The minimum atomic E-state index is -0.253. The van der Waals surface area contributed by atoms with Crippen molar-refractivity contribution in [3.05, 3.63) is 84.4 Å². The summed E-state index contributed by atoms with van der Waals surface area (Å²) in [6.07, 6.45) is 0. The summed E-state index contributed by atoms with van der Waals surface area (Å²) in [5.74, 6) is 0.381. The Bertz CT molecular complexity index is 880. The summed E-state index contributed by atoms with van der Waals surface area (Å²) >= 11 is 0. The largest absolute Gasteiger partial charge is 0.484 e. The van der Waals surface area contributed by atoms with Crippen LogP contribution in [-0.4, -0.2) is 12.5 Å². The van der Waals surface area contributed by atoms with Crippen molar-refractivity contribution < 1.29 is 9.53 Å². The monoisotopic (exact) mass is 328 g/mol. The van der Waals surface area contributed by atoms with Gasteiger partial charge < -0.3 is 10.1 Å². The molecule has 0 unspecified atom stereocenters. The number of ether oxygens (including phenoxy) is 1. The van der Waals surface area contributed by atoms with Crippen LogP contribution in [0.1, 0.15) is 5.56 Å². The quantitative estimate of drug-likeness (QED) is 0.762. The lowest BCUT2D eigenvalue weighted by atomic mass is 10.1. The van der Waals surface area contributed by atoms with E-state index < -0.39 is 0 Å². The van der Waals surface area contributed by atoms with Crippen molar-refractivity contribution in [1.29, 1.82) is 5.26 Å². The highest BCUT2D eigenvalue weighted by atomic mass is 16.5. The Kier molecular flexibility index (Phi) is 5.08. The SMILES string of the molecule is N#Cc1ccc(NC(=O)COc2ccc(-c3ccccc3)cc2)cc1. The van der Waals surface area contributed by atoms with E-state index in [2.05, 4.69) is 5.32 Å². The van der Waals surface area contributed by atoms with Gasteiger partial charge in [0.05, 0.1) is 11.6 Å². The van der Waals surface area contributed by atoms with Crippen LogP contribution in [0.5, 0.6) is 5.75 Å². The number of nitriles is 1. The summed E-state index contributed by atoms with van der Waals surface area (Å²) in [5, 5.41) is 11.5. The van der Waals surface area contributed by atoms with Gasteiger partial charge in [0.2, 0.25) is 0 Å². The van der Waals surface area contributed by atoms with E-state index in [1.165, 1.54) is 0 Å². The molecule has 0 aliphatic rings. The molecule has 3 aromatic rings. The van der Waals surface area contributed by atoms with Gasteiger partial charge in [0.25, 0.3) is 5.91 Å². The zero-order chi connectivity index (χ0) is 17.5. The van der Waals surface area contributed by atoms with Crippen LogP contribution in [-0.2, 0) is 4.79 Å². The van der Waals surface area contributed by atoms with Gasteiger partial charge in [-0.1, -0.05) is 42.5 Å². The number of amides is 1. The van der Waals surface area contributed by atoms with E-state index in [9.17, 15) is 4.79 Å². The van der Waals surface area contributed by atoms with Gasteiger partial charge in [0.1, 0.15) is 5.75 Å². The fourth-order valence-corrected chi connectivity index (χ4v) is 2.35. The smallest absolute Gasteiger partial charge is 0.262 e. The Morgan fingerprint density at radius 1 is 0.880 bits per heavy atom. The number of anilines is 1. The number of carbonyl (C=O) groups is 1. The van der Waals surface area contributed by atoms with Gasteiger partial charge in [-0.15, -0.1) is 0 Å². The van der Waals surface area contributed by atoms with Crippen LogP contribution in [0.2, 0.25) is 0 Å². The van der Waals surface area contributed by atoms with E-state index in [1.54, 1.807) is 24.3 Å². The molecule has 0 saturated carbocycles. The molecule has 4 nitrogen and oxygen atoms in total. The van der Waals surface area contributed by atoms with E-state index in [4.69, 9.17) is 10.00 Å². The molecular formula is C21H16N2O2. The van der Waals surface area contributed by atoms with Crippen molar-refractivity contribution in [2.75, 3.05) is 11.9 Å². The maximum absolute atomic E-state index is 11.9. The molecular weight excluding hydrogens is 312 g/mol. The molecule has 122 valence electrons. The molecule has 25 heavy (non-hydrogen) atoms. The first kappa shape index (κ1) is 16.3. The van der Waals surface area contributed by atoms with E-state index in [1.807, 2.05) is 60.7 Å². The molecule has 0 aliphatic heterocycles. The normalized spacial score (nSPS) is 9.88. The van der Waals surface area contributed by atoms with Crippen LogP contribution in [0.25, 0.3) is 11.1 Å². The number of carbonyl (C=O) groups excluding carboxylic acids is 1. The van der Waals surface area contributed by atoms with E-state index in [-0.39, 0.29) is 12.5 Å². The molecule has 0 saturated heterocycles. The van der Waals surface area contributed by atoms with Crippen molar-refractivity contribution in [3.63, 3.8) is 0 Å². The highest BCUT2D eigenvalue weighted by Crippen LogP contribution is 2.22. The van der Waals surface area contributed by atoms with E-state index in [0.29, 0.717) is 17.0 Å². The summed E-state index contributed by atoms with van der Waals surface area (Å²) in [5.41, 5.74) is 3.40. The average Bonchev–Trinajstić information content (AvgIpc) is 2.68. The molecule has 1 amide bonds. The number of hydrogen-bond donors (Lipinski definition) is 1. The number of hydrogen-bond acceptors (Lipinski definition) is 3. The number of benzene rings is 3. The molecule has 1 N–H and O–H groups in total. The minimum absolute atomic E-state index is 0.0787. The second-order valence-electron chi connectivity index (χ2n) is 5.42. The minimum Gasteiger partial charge on any atom is -0.484 e. The van der Waals surface area contributed by atoms with Gasteiger partial charge in [-0.25, -0.2) is 0 Å². The Hall–Kier alpha value is -3.58. The maximum atomic E-state index is 11.9. The van der Waals surface area contributed by atoms with Crippen molar-refractivity contribution in [2.24, 2.45) is 0 Å². The Morgan fingerprint density at radius 2 is 1.52 bits per heavy atom. The van der Waals surface area contributed by atoms with Gasteiger partial charge >= 0.3 is 0 Å². The summed E-state index contributed by atoms with van der Waals surface area (Å²) < 4.78 is 5.51. The second-order valence-corrected chi connectivity index (χ2v) is 5.42. The van der Waals surface area contributed by atoms with Crippen molar-refractivity contribution in [1.82, 2.24) is 0 Å². The molecule has 0 spiro atoms. The van der Waals surface area contributed by atoms with Gasteiger partial charge in [-0.05, 0) is 47.5 Å². The lowest BCUT2D eigenvalue weighted by molar-refractivity contribution is -0.118. The number of nitrogens with zero attached hydrogens (tertiary/aromatic N) is 1. The maximum Gasteiger partial charge on any atom is 0.262 e. The first-order valence-electron chi connectivity index (χ1n) is 7.83. The molecule has 0 aromatic heterocycles. The lowest BCUT2D eigenvalue weighted by Crippen LogP contribution is -2.20. The molecule has 4 heteroatoms. The van der Waals surface area contributed by atoms with E-state index >= 15 is 0 Å². The van der Waals surface area contributed by atoms with Crippen LogP contribution < -0.4 is 10.1 Å². The lowest BCUT2D eigenvalue weighted by Gasteiger charge is -2.08. The third kappa shape index (κ3) is 4.46. The highest BCUT2D eigenvalue weighted by molar-refractivity contribution is 5.91. The van der Waals surface area contributed by atoms with Crippen LogP contribution in [0.4, 0.5) is 5.69 Å². The fourth-order valence-electron chi connectivity index (χ4n) is 2.35. The van der Waals surface area contributed by atoms with Crippen LogP contribution in [0.3, 0.4) is 0 Å². The van der Waals surface area contributed by atoms with Crippen LogP contribution in [0, 0.1) is 11.3 Å². The third-order valence-electron chi connectivity index (χ3n) is 3.63. The zero-order valence-corrected chi connectivity index (χ0v) is 13.5. The molecule has 0 aliphatic carbocycles. The number of rotatable bonds is 5. The molecule has 0 bridgehead atoms. The first-order valence-corrected chi connectivity index (χ1v) is 7.83. The Labute approximate surface area is 146 Å². The fraction of sp³-hybridized carbons (Fsp3) is 0.0476. The molecule has 0 heterocycles. The van der Waals surface area contributed by atoms with Gasteiger partial charge in [-0.2, -0.15) is 5.26 Å². The standard InChI is InChI=1S/C21H16N2O2/c22-14-16-6-10-19(11-7-16)23-21(24)15-25-20-12-8-18(9-13-20)17-4-2-1-3-5-17/h1-13H,15H2,(H,23,24). The van der Waals surface area contributed by atoms with Crippen molar-refractivity contribution >= 4 is 11.6 Å². The second kappa shape index (κ2) is 7.80. The molecule has 3 rings (SSSR count). The summed E-state index contributed by atoms with van der Waals surface area (Å²) in [6, 6.07) is 26.4. The van der Waals surface area contributed by atoms with Crippen molar-refractivity contribution in [2.45, 2.75) is 0 Å². The first-order chi connectivity index (χ1) is 12.2. The zero-order valence-electron chi connectivity index (χ0n) is 13.5. The van der Waals surface area contributed by atoms with Crippen LogP contribution >= 0.6 is 0 Å². The molecule has 3 aromatic carbocycles. The summed E-state index contributed by atoms with van der Waals surface area (Å²) in [6.45, 7) is -0.0787.